The second-order valence-corrected chi connectivity index (χ2v) is 1.54. The third kappa shape index (κ3) is 2.53. The summed E-state index contributed by atoms with van der Waals surface area (Å²) in [5.74, 6) is 0. The SMILES string of the molecule is CC/C=C(\C=N)CN. The zero-order chi connectivity index (χ0) is 6.41. The maximum absolute atomic E-state index is 6.79. The monoisotopic (exact) mass is 112 g/mol. The van der Waals surface area contributed by atoms with Gasteiger partial charge >= 0.3 is 0 Å². The molecule has 0 saturated heterocycles. The lowest BCUT2D eigenvalue weighted by molar-refractivity contribution is 1.14. The van der Waals surface area contributed by atoms with Crippen molar-refractivity contribution >= 4 is 6.21 Å². The molecular formula is C6H12N2. The van der Waals surface area contributed by atoms with Crippen molar-refractivity contribution in [3.63, 3.8) is 0 Å². The normalized spacial score (nSPS) is 11.5. The van der Waals surface area contributed by atoms with E-state index in [2.05, 4.69) is 0 Å². The zero-order valence-corrected chi connectivity index (χ0v) is 5.15. The Kier molecular flexibility index (Phi) is 4.17. The molecular weight excluding hydrogens is 100 g/mol. The summed E-state index contributed by atoms with van der Waals surface area (Å²) >= 11 is 0. The second-order valence-electron chi connectivity index (χ2n) is 1.54. The fourth-order valence-electron chi connectivity index (χ4n) is 0.463. The van der Waals surface area contributed by atoms with Crippen LogP contribution in [0.5, 0.6) is 0 Å². The topological polar surface area (TPSA) is 49.9 Å². The van der Waals surface area contributed by atoms with Gasteiger partial charge < -0.3 is 11.1 Å². The Bertz CT molecular complexity index is 94.7. The highest BCUT2D eigenvalue weighted by Crippen LogP contribution is 1.87. The molecule has 0 unspecified atom stereocenters. The number of rotatable bonds is 3. The van der Waals surface area contributed by atoms with Crippen molar-refractivity contribution < 1.29 is 0 Å². The largest absolute Gasteiger partial charge is 0.326 e. The van der Waals surface area contributed by atoms with E-state index < -0.39 is 0 Å². The van der Waals surface area contributed by atoms with Gasteiger partial charge in [-0.2, -0.15) is 0 Å². The Morgan fingerprint density at radius 1 is 1.75 bits per heavy atom. The van der Waals surface area contributed by atoms with Crippen molar-refractivity contribution in [3.8, 4) is 0 Å². The molecule has 0 aliphatic rings. The van der Waals surface area contributed by atoms with E-state index in [1.54, 1.807) is 0 Å². The summed E-state index contributed by atoms with van der Waals surface area (Å²) in [4.78, 5) is 0. The Morgan fingerprint density at radius 2 is 2.38 bits per heavy atom. The van der Waals surface area contributed by atoms with Crippen LogP contribution in [0.1, 0.15) is 13.3 Å². The van der Waals surface area contributed by atoms with Crippen molar-refractivity contribution in [3.05, 3.63) is 11.6 Å². The lowest BCUT2D eigenvalue weighted by atomic mass is 10.2. The maximum atomic E-state index is 6.79. The van der Waals surface area contributed by atoms with Gasteiger partial charge in [0, 0.05) is 12.8 Å². The third-order valence-electron chi connectivity index (χ3n) is 0.887. The van der Waals surface area contributed by atoms with E-state index in [0.29, 0.717) is 6.54 Å². The number of hydrogen-bond donors (Lipinski definition) is 2. The molecule has 0 aliphatic carbocycles. The van der Waals surface area contributed by atoms with E-state index in [0.717, 1.165) is 12.0 Å². The summed E-state index contributed by atoms with van der Waals surface area (Å²) in [6.07, 6.45) is 4.21. The van der Waals surface area contributed by atoms with Gasteiger partial charge in [-0.25, -0.2) is 0 Å². The van der Waals surface area contributed by atoms with Gasteiger partial charge in [-0.15, -0.1) is 0 Å². The molecule has 0 aromatic rings. The van der Waals surface area contributed by atoms with Crippen LogP contribution < -0.4 is 5.73 Å². The molecule has 3 N–H and O–H groups in total. The molecule has 0 radical (unpaired) electrons. The first-order valence-electron chi connectivity index (χ1n) is 2.74. The van der Waals surface area contributed by atoms with Gasteiger partial charge in [0.25, 0.3) is 0 Å². The van der Waals surface area contributed by atoms with Crippen LogP contribution in [0.15, 0.2) is 11.6 Å². The average Bonchev–Trinajstić information content (AvgIpc) is 1.83. The van der Waals surface area contributed by atoms with Crippen molar-refractivity contribution in [1.82, 2.24) is 0 Å². The molecule has 0 aromatic carbocycles. The van der Waals surface area contributed by atoms with Crippen LogP contribution in [-0.2, 0) is 0 Å². The van der Waals surface area contributed by atoms with Crippen LogP contribution in [0.2, 0.25) is 0 Å². The molecule has 0 fully saturated rings. The molecule has 0 rings (SSSR count). The molecule has 2 heteroatoms. The fraction of sp³-hybridized carbons (Fsp3) is 0.500. The highest BCUT2D eigenvalue weighted by atomic mass is 14.5. The number of hydrogen-bond acceptors (Lipinski definition) is 2. The van der Waals surface area contributed by atoms with Crippen LogP contribution in [0.4, 0.5) is 0 Å². The van der Waals surface area contributed by atoms with E-state index in [4.69, 9.17) is 11.1 Å². The first-order valence-corrected chi connectivity index (χ1v) is 2.74. The van der Waals surface area contributed by atoms with Gasteiger partial charge in [-0.3, -0.25) is 0 Å². The summed E-state index contributed by atoms with van der Waals surface area (Å²) in [7, 11) is 0. The van der Waals surface area contributed by atoms with Crippen LogP contribution >= 0.6 is 0 Å². The van der Waals surface area contributed by atoms with Crippen molar-refractivity contribution in [2.45, 2.75) is 13.3 Å². The van der Waals surface area contributed by atoms with Gasteiger partial charge in [-0.1, -0.05) is 13.0 Å². The predicted octanol–water partition coefficient (Wildman–Crippen LogP) is 0.931. The second kappa shape index (κ2) is 4.53. The Morgan fingerprint density at radius 3 is 2.50 bits per heavy atom. The minimum atomic E-state index is 0.483. The molecule has 0 saturated carbocycles. The van der Waals surface area contributed by atoms with E-state index in [-0.39, 0.29) is 0 Å². The van der Waals surface area contributed by atoms with Crippen LogP contribution in [0.3, 0.4) is 0 Å². The maximum Gasteiger partial charge on any atom is 0.0219 e. The summed E-state index contributed by atoms with van der Waals surface area (Å²) in [5.41, 5.74) is 6.16. The Labute approximate surface area is 49.9 Å². The first kappa shape index (κ1) is 7.37. The number of nitrogens with one attached hydrogen (secondary N) is 1. The van der Waals surface area contributed by atoms with E-state index in [1.807, 2.05) is 13.0 Å². The molecule has 8 heavy (non-hydrogen) atoms. The van der Waals surface area contributed by atoms with Gasteiger partial charge in [0.2, 0.25) is 0 Å². The molecule has 0 spiro atoms. The molecule has 2 nitrogen and oxygen atoms in total. The Balaban J connectivity index is 3.66. The van der Waals surface area contributed by atoms with E-state index in [1.165, 1.54) is 6.21 Å². The molecule has 0 aliphatic heterocycles. The van der Waals surface area contributed by atoms with Crippen molar-refractivity contribution in [2.24, 2.45) is 5.73 Å². The summed E-state index contributed by atoms with van der Waals surface area (Å²) in [5, 5.41) is 6.79. The summed E-state index contributed by atoms with van der Waals surface area (Å²) < 4.78 is 0. The fourth-order valence-corrected chi connectivity index (χ4v) is 0.463. The molecule has 0 amide bonds. The highest BCUT2D eigenvalue weighted by molar-refractivity contribution is 5.75. The lowest BCUT2D eigenvalue weighted by Gasteiger charge is -1.90. The summed E-state index contributed by atoms with van der Waals surface area (Å²) in [6.45, 7) is 2.51. The van der Waals surface area contributed by atoms with Crippen molar-refractivity contribution in [1.29, 1.82) is 5.41 Å². The van der Waals surface area contributed by atoms with E-state index in [9.17, 15) is 0 Å². The first-order chi connectivity index (χ1) is 3.85. The van der Waals surface area contributed by atoms with Crippen LogP contribution in [0, 0.1) is 5.41 Å². The number of nitrogens with two attached hydrogens (primary N) is 1. The quantitative estimate of drug-likeness (QED) is 0.524. The van der Waals surface area contributed by atoms with Gasteiger partial charge in [0.15, 0.2) is 0 Å². The molecule has 0 aromatic heterocycles. The van der Waals surface area contributed by atoms with Crippen molar-refractivity contribution in [2.75, 3.05) is 6.54 Å². The molecule has 0 atom stereocenters. The smallest absolute Gasteiger partial charge is 0.0219 e. The van der Waals surface area contributed by atoms with E-state index >= 15 is 0 Å². The number of allylic oxidation sites excluding steroid dienone is 1. The zero-order valence-electron chi connectivity index (χ0n) is 5.15. The Hall–Kier alpha value is -0.630. The van der Waals surface area contributed by atoms with Crippen LogP contribution in [0.25, 0.3) is 0 Å². The third-order valence-corrected chi connectivity index (χ3v) is 0.887. The molecule has 46 valence electrons. The van der Waals surface area contributed by atoms with Crippen LogP contribution in [-0.4, -0.2) is 12.8 Å². The van der Waals surface area contributed by atoms with Gasteiger partial charge in [0.05, 0.1) is 0 Å². The van der Waals surface area contributed by atoms with Gasteiger partial charge in [0.1, 0.15) is 0 Å². The standard InChI is InChI=1S/C6H12N2/c1-2-3-6(4-7)5-8/h3-4,7H,2,5,8H2,1H3/b6-3+,7-4?. The highest BCUT2D eigenvalue weighted by Gasteiger charge is 1.82. The van der Waals surface area contributed by atoms with Gasteiger partial charge in [-0.05, 0) is 12.0 Å². The summed E-state index contributed by atoms with van der Waals surface area (Å²) in [6, 6.07) is 0. The molecule has 0 heterocycles. The lowest BCUT2D eigenvalue weighted by Crippen LogP contribution is -2.03. The molecule has 0 bridgehead atoms. The average molecular weight is 112 g/mol. The minimum Gasteiger partial charge on any atom is -0.326 e. The predicted molar refractivity (Wildman–Crippen MR) is 36.2 cm³/mol. The minimum absolute atomic E-state index is 0.483.